The van der Waals surface area contributed by atoms with E-state index in [-0.39, 0.29) is 6.17 Å². The van der Waals surface area contributed by atoms with Crippen LogP contribution in [0, 0.1) is 13.8 Å². The lowest BCUT2D eigenvalue weighted by Crippen LogP contribution is -2.33. The van der Waals surface area contributed by atoms with Crippen molar-refractivity contribution in [2.45, 2.75) is 26.4 Å². The normalized spacial score (nSPS) is 14.0. The highest BCUT2D eigenvalue weighted by Gasteiger charge is 2.23. The van der Waals surface area contributed by atoms with Crippen LogP contribution in [-0.2, 0) is 6.42 Å². The summed E-state index contributed by atoms with van der Waals surface area (Å²) in [5.41, 5.74) is 18.1. The van der Waals surface area contributed by atoms with Gasteiger partial charge in [-0.2, -0.15) is 0 Å². The Morgan fingerprint density at radius 1 is 0.397 bits per heavy atom. The number of nitrogens with zero attached hydrogens (tertiary/aromatic N) is 5. The van der Waals surface area contributed by atoms with Crippen LogP contribution in [-0.4, -0.2) is 26.6 Å². The number of hydrogen-bond donors (Lipinski definition) is 1. The van der Waals surface area contributed by atoms with Gasteiger partial charge in [0.1, 0.15) is 12.0 Å². The molecule has 0 saturated heterocycles. The van der Waals surface area contributed by atoms with Gasteiger partial charge in [0.25, 0.3) is 0 Å². The quantitative estimate of drug-likeness (QED) is 0.166. The molecule has 1 aliphatic heterocycles. The first-order valence-electron chi connectivity index (χ1n) is 21.4. The fourth-order valence-electron chi connectivity index (χ4n) is 8.50. The predicted octanol–water partition coefficient (Wildman–Crippen LogP) is 12.9. The Morgan fingerprint density at radius 2 is 0.841 bits per heavy atom. The van der Waals surface area contributed by atoms with Crippen LogP contribution in [0.3, 0.4) is 0 Å². The number of fused-ring (bicyclic) bond motifs is 3. The Hall–Kier alpha value is -8.09. The molecule has 0 saturated carbocycles. The van der Waals surface area contributed by atoms with Crippen molar-refractivity contribution < 1.29 is 0 Å². The van der Waals surface area contributed by atoms with Crippen LogP contribution in [0.1, 0.15) is 45.1 Å². The number of nitrogens with one attached hydrogen (secondary N) is 1. The summed E-state index contributed by atoms with van der Waals surface area (Å²) in [6.45, 7) is 4.18. The minimum absolute atomic E-state index is 0.259. The molecule has 0 fully saturated rings. The van der Waals surface area contributed by atoms with Gasteiger partial charge in [0.15, 0.2) is 23.3 Å². The molecule has 8 aromatic carbocycles. The predicted molar refractivity (Wildman–Crippen MR) is 257 cm³/mol. The van der Waals surface area contributed by atoms with Crippen LogP contribution in [0.15, 0.2) is 204 Å². The molecule has 0 amide bonds. The van der Waals surface area contributed by atoms with E-state index in [4.69, 9.17) is 24.9 Å². The third kappa shape index (κ3) is 7.64. The van der Waals surface area contributed by atoms with Crippen molar-refractivity contribution in [3.8, 4) is 67.5 Å². The van der Waals surface area contributed by atoms with Crippen LogP contribution >= 0.6 is 0 Å². The average molecular weight is 811 g/mol. The second kappa shape index (κ2) is 16.1. The molecule has 300 valence electrons. The molecule has 1 N–H and O–H groups in total. The fraction of sp³-hybridized carbons (Fsp3) is 0.0702. The van der Waals surface area contributed by atoms with Gasteiger partial charge in [0.05, 0.1) is 0 Å². The Kier molecular flexibility index (Phi) is 9.66. The second-order valence-electron chi connectivity index (χ2n) is 16.4. The maximum Gasteiger partial charge on any atom is 0.164 e. The highest BCUT2D eigenvalue weighted by Crippen LogP contribution is 2.41. The summed E-state index contributed by atoms with van der Waals surface area (Å²) in [7, 11) is 0. The van der Waals surface area contributed by atoms with Gasteiger partial charge < -0.3 is 5.32 Å². The molecule has 0 radical (unpaired) electrons. The van der Waals surface area contributed by atoms with Crippen molar-refractivity contribution in [2.75, 3.05) is 0 Å². The van der Waals surface area contributed by atoms with Crippen molar-refractivity contribution >= 4 is 11.7 Å². The number of aromatic nitrogens is 3. The average Bonchev–Trinajstić information content (AvgIpc) is 3.72. The van der Waals surface area contributed by atoms with Crippen molar-refractivity contribution in [1.29, 1.82) is 0 Å². The molecule has 1 aromatic heterocycles. The number of rotatable bonds is 8. The second-order valence-corrected chi connectivity index (χ2v) is 16.4. The van der Waals surface area contributed by atoms with Gasteiger partial charge in [-0.1, -0.05) is 181 Å². The van der Waals surface area contributed by atoms with E-state index >= 15 is 0 Å². The largest absolute Gasteiger partial charge is 0.344 e. The first-order valence-corrected chi connectivity index (χ1v) is 21.4. The summed E-state index contributed by atoms with van der Waals surface area (Å²) in [6, 6.07) is 68.2. The third-order valence-electron chi connectivity index (χ3n) is 12.0. The molecular formula is C57H42N6. The highest BCUT2D eigenvalue weighted by atomic mass is 15.2. The zero-order valence-corrected chi connectivity index (χ0v) is 35.0. The molecule has 2 heterocycles. The van der Waals surface area contributed by atoms with Crippen LogP contribution in [0.4, 0.5) is 0 Å². The molecule has 1 unspecified atom stereocenters. The van der Waals surface area contributed by atoms with Crippen molar-refractivity contribution in [3.63, 3.8) is 0 Å². The summed E-state index contributed by atoms with van der Waals surface area (Å²) >= 11 is 0. The van der Waals surface area contributed by atoms with Gasteiger partial charge in [-0.05, 0) is 94.6 Å². The number of benzene rings is 8. The molecule has 1 atom stereocenters. The van der Waals surface area contributed by atoms with Crippen LogP contribution in [0.2, 0.25) is 0 Å². The number of aliphatic imine (C=N–C) groups is 2. The molecule has 6 nitrogen and oxygen atoms in total. The number of hydrogen-bond acceptors (Lipinski definition) is 6. The van der Waals surface area contributed by atoms with Gasteiger partial charge in [-0.15, -0.1) is 0 Å². The maximum atomic E-state index is 5.10. The van der Waals surface area contributed by atoms with Gasteiger partial charge in [-0.25, -0.2) is 24.9 Å². The SMILES string of the molecule is Cc1ccc(C2=NC(c3ccccc3)NC(c3cccc(-c4ccc5c(c4)-c4cc(-c6cccc(-c7nc(-c8ccccc8)nc(-c8ccc(C)cc8)n7)c6)ccc4C5)c3)=N2)cc1. The van der Waals surface area contributed by atoms with E-state index < -0.39 is 0 Å². The van der Waals surface area contributed by atoms with Crippen LogP contribution < -0.4 is 5.32 Å². The summed E-state index contributed by atoms with van der Waals surface area (Å²) in [6.07, 6.45) is 0.647. The van der Waals surface area contributed by atoms with E-state index in [0.29, 0.717) is 17.5 Å². The Balaban J connectivity index is 0.919. The Bertz CT molecular complexity index is 3230. The highest BCUT2D eigenvalue weighted by molar-refractivity contribution is 6.13. The zero-order chi connectivity index (χ0) is 42.3. The van der Waals surface area contributed by atoms with Crippen molar-refractivity contribution in [3.05, 3.63) is 233 Å². The lowest BCUT2D eigenvalue weighted by Gasteiger charge is -2.24. The van der Waals surface area contributed by atoms with Gasteiger partial charge in [0.2, 0.25) is 0 Å². The van der Waals surface area contributed by atoms with Crippen molar-refractivity contribution in [1.82, 2.24) is 20.3 Å². The molecule has 0 bridgehead atoms. The summed E-state index contributed by atoms with van der Waals surface area (Å²) < 4.78 is 0. The van der Waals surface area contributed by atoms with Crippen LogP contribution in [0.5, 0.6) is 0 Å². The fourth-order valence-corrected chi connectivity index (χ4v) is 8.50. The minimum Gasteiger partial charge on any atom is -0.344 e. The Labute approximate surface area is 367 Å². The first-order chi connectivity index (χ1) is 31.0. The molecule has 0 spiro atoms. The summed E-state index contributed by atoms with van der Waals surface area (Å²) in [5.74, 6) is 3.46. The summed E-state index contributed by atoms with van der Waals surface area (Å²) in [5, 5.41) is 3.64. The summed E-state index contributed by atoms with van der Waals surface area (Å²) in [4.78, 5) is 25.1. The molecule has 11 rings (SSSR count). The van der Waals surface area contributed by atoms with E-state index in [0.717, 1.165) is 73.7 Å². The number of amidine groups is 2. The molecular weight excluding hydrogens is 769 g/mol. The molecule has 2 aliphatic rings. The maximum absolute atomic E-state index is 5.10. The minimum atomic E-state index is -0.259. The smallest absolute Gasteiger partial charge is 0.164 e. The van der Waals surface area contributed by atoms with E-state index in [2.05, 4.69) is 177 Å². The lowest BCUT2D eigenvalue weighted by atomic mass is 9.95. The van der Waals surface area contributed by atoms with Gasteiger partial charge >= 0.3 is 0 Å². The van der Waals surface area contributed by atoms with E-state index in [1.807, 2.05) is 36.4 Å². The van der Waals surface area contributed by atoms with Crippen molar-refractivity contribution in [2.24, 2.45) is 9.98 Å². The number of aryl methyl sites for hydroxylation is 2. The Morgan fingerprint density at radius 3 is 1.44 bits per heavy atom. The van der Waals surface area contributed by atoms with Gasteiger partial charge in [0, 0.05) is 27.8 Å². The van der Waals surface area contributed by atoms with E-state index in [9.17, 15) is 0 Å². The lowest BCUT2D eigenvalue weighted by molar-refractivity contribution is 0.674. The zero-order valence-electron chi connectivity index (χ0n) is 35.0. The van der Waals surface area contributed by atoms with Crippen LogP contribution in [0.25, 0.3) is 67.5 Å². The van der Waals surface area contributed by atoms with Gasteiger partial charge in [-0.3, -0.25) is 0 Å². The first kappa shape index (κ1) is 37.9. The molecule has 6 heteroatoms. The third-order valence-corrected chi connectivity index (χ3v) is 12.0. The standard InChI is InChI=1S/C57H42N6/c1-36-19-23-40(24-20-36)54-58-52(38-11-5-3-6-12-38)60-56(62-54)48-17-9-15-42(31-48)44-27-29-46-33-47-30-28-45(35-51(47)50(46)34-44)43-16-10-18-49(32-43)57-61-53(39-13-7-4-8-14-39)59-55(63-57)41-25-21-37(2)22-26-41/h3-32,34-35,52H,33H2,1-2H3,(H,58,60,62). The van der Waals surface area contributed by atoms with E-state index in [1.54, 1.807) is 0 Å². The van der Waals surface area contributed by atoms with E-state index in [1.165, 1.54) is 33.4 Å². The monoisotopic (exact) mass is 810 g/mol. The molecule has 1 aliphatic carbocycles. The topological polar surface area (TPSA) is 75.4 Å². The molecule has 9 aromatic rings. The molecule has 63 heavy (non-hydrogen) atoms.